The number of pyridine rings is 1. The van der Waals surface area contributed by atoms with Crippen molar-refractivity contribution in [3.05, 3.63) is 101 Å². The number of rotatable bonds is 6. The number of aryl methyl sites for hydroxylation is 1. The van der Waals surface area contributed by atoms with Gasteiger partial charge >= 0.3 is 0 Å². The predicted octanol–water partition coefficient (Wildman–Crippen LogP) is 4.23. The fourth-order valence-electron chi connectivity index (χ4n) is 4.39. The van der Waals surface area contributed by atoms with Crippen LogP contribution in [0, 0.1) is 12.8 Å². The number of hydrogen-bond donors (Lipinski definition) is 1. The van der Waals surface area contributed by atoms with Gasteiger partial charge in [-0.25, -0.2) is 0 Å². The van der Waals surface area contributed by atoms with Crippen LogP contribution in [0.1, 0.15) is 41.1 Å². The molecule has 1 N–H and O–H groups in total. The summed E-state index contributed by atoms with van der Waals surface area (Å²) >= 11 is 0. The van der Waals surface area contributed by atoms with E-state index in [1.165, 1.54) is 5.56 Å². The van der Waals surface area contributed by atoms with Crippen LogP contribution in [0.25, 0.3) is 0 Å². The Morgan fingerprint density at radius 3 is 2.56 bits per heavy atom. The molecule has 0 aliphatic carbocycles. The molecule has 2 atom stereocenters. The Balaban J connectivity index is 1.49. The van der Waals surface area contributed by atoms with Gasteiger partial charge in [-0.05, 0) is 42.5 Å². The Labute approximate surface area is 189 Å². The zero-order valence-electron chi connectivity index (χ0n) is 18.4. The number of likely N-dealkylation sites (tertiary alicyclic amines) is 1. The second-order valence-corrected chi connectivity index (χ2v) is 8.49. The molecule has 2 amide bonds. The number of amides is 2. The van der Waals surface area contributed by atoms with Crippen molar-refractivity contribution in [2.45, 2.75) is 38.8 Å². The Hall–Kier alpha value is -3.47. The lowest BCUT2D eigenvalue weighted by Gasteiger charge is -2.39. The third-order valence-electron chi connectivity index (χ3n) is 6.09. The molecule has 5 heteroatoms. The van der Waals surface area contributed by atoms with Crippen molar-refractivity contribution in [1.82, 2.24) is 15.2 Å². The number of piperidine rings is 1. The molecule has 0 unspecified atom stereocenters. The highest BCUT2D eigenvalue weighted by Crippen LogP contribution is 2.34. The van der Waals surface area contributed by atoms with Crippen LogP contribution in [0.4, 0.5) is 0 Å². The summed E-state index contributed by atoms with van der Waals surface area (Å²) in [6.45, 7) is 2.95. The zero-order chi connectivity index (χ0) is 22.3. The molecule has 164 valence electrons. The lowest BCUT2D eigenvalue weighted by atomic mass is 9.87. The molecule has 0 bridgehead atoms. The van der Waals surface area contributed by atoms with Crippen LogP contribution < -0.4 is 5.32 Å². The van der Waals surface area contributed by atoms with E-state index in [-0.39, 0.29) is 23.8 Å². The van der Waals surface area contributed by atoms with Crippen molar-refractivity contribution in [1.29, 1.82) is 0 Å². The summed E-state index contributed by atoms with van der Waals surface area (Å²) in [5, 5.41) is 3.02. The minimum Gasteiger partial charge on any atom is -0.352 e. The van der Waals surface area contributed by atoms with Crippen LogP contribution in [0.15, 0.2) is 79.1 Å². The summed E-state index contributed by atoms with van der Waals surface area (Å²) in [6.07, 6.45) is 5.34. The number of hydrogen-bond acceptors (Lipinski definition) is 3. The molecule has 2 aromatic carbocycles. The van der Waals surface area contributed by atoms with Crippen LogP contribution in [0.3, 0.4) is 0 Å². The van der Waals surface area contributed by atoms with Gasteiger partial charge in [0.1, 0.15) is 0 Å². The maximum atomic E-state index is 13.4. The van der Waals surface area contributed by atoms with Crippen molar-refractivity contribution in [3.8, 4) is 0 Å². The number of carbonyl (C=O) groups is 2. The fraction of sp³-hybridized carbons (Fsp3) is 0.296. The highest BCUT2D eigenvalue weighted by Gasteiger charge is 2.35. The van der Waals surface area contributed by atoms with E-state index in [1.807, 2.05) is 53.4 Å². The van der Waals surface area contributed by atoms with E-state index in [0.29, 0.717) is 19.5 Å². The molecule has 4 rings (SSSR count). The molecule has 32 heavy (non-hydrogen) atoms. The molecule has 0 spiro atoms. The molecule has 0 radical (unpaired) electrons. The Morgan fingerprint density at radius 1 is 1.00 bits per heavy atom. The van der Waals surface area contributed by atoms with Crippen molar-refractivity contribution in [2.24, 2.45) is 5.92 Å². The van der Waals surface area contributed by atoms with Gasteiger partial charge in [-0.3, -0.25) is 14.6 Å². The first-order chi connectivity index (χ1) is 15.6. The summed E-state index contributed by atoms with van der Waals surface area (Å²) in [5.74, 6) is -0.158. The number of nitrogens with zero attached hydrogens (tertiary/aromatic N) is 2. The van der Waals surface area contributed by atoms with Crippen LogP contribution in [0.5, 0.6) is 0 Å². The van der Waals surface area contributed by atoms with Crippen LogP contribution in [-0.2, 0) is 22.6 Å². The third kappa shape index (κ3) is 5.41. The molecule has 2 heterocycles. The summed E-state index contributed by atoms with van der Waals surface area (Å²) in [4.78, 5) is 32.3. The highest BCUT2D eigenvalue weighted by molar-refractivity contribution is 5.82. The van der Waals surface area contributed by atoms with Crippen LogP contribution in [0.2, 0.25) is 0 Å². The van der Waals surface area contributed by atoms with E-state index >= 15 is 0 Å². The first-order valence-corrected chi connectivity index (χ1v) is 11.2. The molecule has 0 saturated carbocycles. The molecule has 1 aromatic heterocycles. The molecule has 1 fully saturated rings. The van der Waals surface area contributed by atoms with E-state index in [9.17, 15) is 9.59 Å². The van der Waals surface area contributed by atoms with Gasteiger partial charge in [-0.15, -0.1) is 0 Å². The summed E-state index contributed by atoms with van der Waals surface area (Å²) < 4.78 is 0. The number of aromatic nitrogens is 1. The Bertz CT molecular complexity index is 1050. The van der Waals surface area contributed by atoms with Gasteiger partial charge in [0.2, 0.25) is 11.8 Å². The van der Waals surface area contributed by atoms with Crippen molar-refractivity contribution >= 4 is 11.8 Å². The van der Waals surface area contributed by atoms with E-state index in [0.717, 1.165) is 29.5 Å². The molecular formula is C27H29N3O2. The van der Waals surface area contributed by atoms with E-state index in [1.54, 1.807) is 12.4 Å². The van der Waals surface area contributed by atoms with Gasteiger partial charge in [0.25, 0.3) is 0 Å². The second kappa shape index (κ2) is 10.2. The summed E-state index contributed by atoms with van der Waals surface area (Å²) in [7, 11) is 0. The van der Waals surface area contributed by atoms with Gasteiger partial charge in [-0.1, -0.05) is 66.2 Å². The average molecular weight is 428 g/mol. The summed E-state index contributed by atoms with van der Waals surface area (Å²) in [6, 6.07) is 21.9. The Kier molecular flexibility index (Phi) is 6.95. The Morgan fingerprint density at radius 2 is 1.81 bits per heavy atom. The summed E-state index contributed by atoms with van der Waals surface area (Å²) in [5.41, 5.74) is 4.27. The van der Waals surface area contributed by atoms with Gasteiger partial charge in [0.05, 0.1) is 18.4 Å². The molecule has 3 aromatic rings. The van der Waals surface area contributed by atoms with Gasteiger partial charge in [0.15, 0.2) is 0 Å². The average Bonchev–Trinajstić information content (AvgIpc) is 2.83. The van der Waals surface area contributed by atoms with Gasteiger partial charge in [-0.2, -0.15) is 0 Å². The monoisotopic (exact) mass is 427 g/mol. The minimum absolute atomic E-state index is 0.00550. The second-order valence-electron chi connectivity index (χ2n) is 8.49. The standard InChI is InChI=1S/C27H29N3O2/c1-20-7-5-11-23(15-20)25-13-12-24(27(32)29-18-22-10-6-14-28-17-22)19-30(25)26(31)16-21-8-3-2-4-9-21/h2-11,14-15,17,24-25H,12-13,16,18-19H2,1H3,(H,29,32)/t24-,25-/m0/s1. The van der Waals surface area contributed by atoms with E-state index in [2.05, 4.69) is 35.4 Å². The minimum atomic E-state index is -0.215. The van der Waals surface area contributed by atoms with E-state index in [4.69, 9.17) is 0 Å². The first-order valence-electron chi connectivity index (χ1n) is 11.2. The number of benzene rings is 2. The van der Waals surface area contributed by atoms with Crippen LogP contribution in [-0.4, -0.2) is 28.2 Å². The third-order valence-corrected chi connectivity index (χ3v) is 6.09. The lowest BCUT2D eigenvalue weighted by Crippen LogP contribution is -2.47. The molecule has 5 nitrogen and oxygen atoms in total. The maximum absolute atomic E-state index is 13.4. The predicted molar refractivity (Wildman–Crippen MR) is 125 cm³/mol. The molecule has 1 aliphatic rings. The number of nitrogens with one attached hydrogen (secondary N) is 1. The maximum Gasteiger partial charge on any atom is 0.227 e. The molecular weight excluding hydrogens is 398 g/mol. The number of carbonyl (C=O) groups excluding carboxylic acids is 2. The lowest BCUT2D eigenvalue weighted by molar-refractivity contribution is -0.138. The van der Waals surface area contributed by atoms with Gasteiger partial charge in [0, 0.05) is 25.5 Å². The smallest absolute Gasteiger partial charge is 0.227 e. The molecule has 1 aliphatic heterocycles. The van der Waals surface area contributed by atoms with Gasteiger partial charge < -0.3 is 10.2 Å². The zero-order valence-corrected chi connectivity index (χ0v) is 18.4. The van der Waals surface area contributed by atoms with Crippen molar-refractivity contribution in [2.75, 3.05) is 6.54 Å². The topological polar surface area (TPSA) is 62.3 Å². The van der Waals surface area contributed by atoms with E-state index < -0.39 is 0 Å². The van der Waals surface area contributed by atoms with Crippen molar-refractivity contribution < 1.29 is 9.59 Å². The van der Waals surface area contributed by atoms with Crippen molar-refractivity contribution in [3.63, 3.8) is 0 Å². The normalized spacial score (nSPS) is 18.2. The quantitative estimate of drug-likeness (QED) is 0.640. The SMILES string of the molecule is Cc1cccc([C@@H]2CC[C@H](C(=O)NCc3cccnc3)CN2C(=O)Cc2ccccc2)c1. The highest BCUT2D eigenvalue weighted by atomic mass is 16.2. The van der Waals surface area contributed by atoms with Crippen LogP contribution >= 0.6 is 0 Å². The largest absolute Gasteiger partial charge is 0.352 e. The fourth-order valence-corrected chi connectivity index (χ4v) is 4.39. The molecule has 1 saturated heterocycles. The first kappa shape index (κ1) is 21.8.